The minimum atomic E-state index is -4.68. The Balaban J connectivity index is 0.00000481. The molecule has 3 aromatic rings. The zero-order chi connectivity index (χ0) is 26.6. The molecular formula is C18H10N7NaO10S. The number of nitroso groups, excluding NO2 is 1. The number of nitrogens with zero attached hydrogens (tertiary/aromatic N) is 7. The topological polar surface area (TPSA) is 244 Å². The van der Waals surface area contributed by atoms with E-state index in [2.05, 4.69) is 15.5 Å². The molecule has 0 heterocycles. The SMILES string of the molecule is O=NN(c1ccc(N=Nc2ccc(S(=O)(=O)[O-])cc2)c([N+](=O)[O-])c1)c1ccc([N+](=O)[O-])cc1[N+](=O)[O-].[Na+]. The smallest absolute Gasteiger partial charge is 0.744 e. The third-order valence-electron chi connectivity index (χ3n) is 4.48. The van der Waals surface area contributed by atoms with Crippen molar-refractivity contribution in [1.29, 1.82) is 0 Å². The van der Waals surface area contributed by atoms with Crippen LogP contribution < -0.4 is 34.6 Å². The predicted molar refractivity (Wildman–Crippen MR) is 119 cm³/mol. The third-order valence-corrected chi connectivity index (χ3v) is 5.32. The summed E-state index contributed by atoms with van der Waals surface area (Å²) in [6.07, 6.45) is 0. The molecule has 0 aliphatic carbocycles. The minimum Gasteiger partial charge on any atom is -0.744 e. The normalized spacial score (nSPS) is 10.9. The molecule has 37 heavy (non-hydrogen) atoms. The maximum absolute atomic E-state index is 11.6. The van der Waals surface area contributed by atoms with Crippen molar-refractivity contribution in [3.05, 3.63) is 95.9 Å². The molecule has 0 bridgehead atoms. The van der Waals surface area contributed by atoms with Crippen molar-refractivity contribution in [2.45, 2.75) is 4.90 Å². The van der Waals surface area contributed by atoms with Gasteiger partial charge < -0.3 is 4.55 Å². The number of nitro benzene ring substituents is 3. The molecule has 3 aromatic carbocycles. The van der Waals surface area contributed by atoms with E-state index in [9.17, 15) is 48.2 Å². The number of rotatable bonds is 9. The van der Waals surface area contributed by atoms with Gasteiger partial charge in [-0.3, -0.25) is 30.3 Å². The van der Waals surface area contributed by atoms with Crippen LogP contribution in [0.25, 0.3) is 0 Å². The van der Waals surface area contributed by atoms with E-state index in [-0.39, 0.29) is 46.6 Å². The first-order valence-corrected chi connectivity index (χ1v) is 10.7. The van der Waals surface area contributed by atoms with Crippen molar-refractivity contribution in [2.75, 3.05) is 5.01 Å². The molecule has 0 saturated heterocycles. The second-order valence-electron chi connectivity index (χ2n) is 6.66. The summed E-state index contributed by atoms with van der Waals surface area (Å²) in [6, 6.07) is 9.60. The van der Waals surface area contributed by atoms with Gasteiger partial charge in [0.2, 0.25) is 0 Å². The summed E-state index contributed by atoms with van der Waals surface area (Å²) in [5.74, 6) is 0. The Labute approximate surface area is 227 Å². The van der Waals surface area contributed by atoms with Crippen LogP contribution in [-0.4, -0.2) is 27.7 Å². The van der Waals surface area contributed by atoms with E-state index < -0.39 is 52.5 Å². The Bertz CT molecular complexity index is 1530. The summed E-state index contributed by atoms with van der Waals surface area (Å²) >= 11 is 0. The van der Waals surface area contributed by atoms with Crippen LogP contribution in [0.15, 0.2) is 81.1 Å². The maximum atomic E-state index is 11.6. The molecule has 184 valence electrons. The molecule has 0 saturated carbocycles. The summed E-state index contributed by atoms with van der Waals surface area (Å²) in [7, 11) is -4.68. The van der Waals surface area contributed by atoms with E-state index in [1.165, 1.54) is 0 Å². The number of hydrogen-bond donors (Lipinski definition) is 0. The maximum Gasteiger partial charge on any atom is 1.00 e. The standard InChI is InChI=1S/C18H11N7O10S.Na/c26-21-22(16-8-4-13(23(27)28)10-18(16)25(31)32)12-3-7-15(17(9-12)24(29)30)20-19-11-1-5-14(6-2-11)36(33,34)35;/h1-10H,(H,33,34,35);/q;+1/p-1. The van der Waals surface area contributed by atoms with Crippen molar-refractivity contribution in [3.8, 4) is 0 Å². The van der Waals surface area contributed by atoms with Gasteiger partial charge in [0.25, 0.3) is 11.4 Å². The molecule has 0 aliphatic rings. The molecule has 0 unspecified atom stereocenters. The first kappa shape index (κ1) is 29.0. The van der Waals surface area contributed by atoms with Crippen LogP contribution in [0.1, 0.15) is 0 Å². The summed E-state index contributed by atoms with van der Waals surface area (Å²) in [5, 5.41) is 44.4. The first-order valence-electron chi connectivity index (χ1n) is 9.24. The van der Waals surface area contributed by atoms with Crippen LogP contribution in [0.3, 0.4) is 0 Å². The van der Waals surface area contributed by atoms with Gasteiger partial charge in [-0.1, -0.05) is 0 Å². The van der Waals surface area contributed by atoms with Crippen molar-refractivity contribution >= 4 is 49.9 Å². The Morgan fingerprint density at radius 3 is 1.89 bits per heavy atom. The van der Waals surface area contributed by atoms with Gasteiger partial charge >= 0.3 is 35.2 Å². The number of azo groups is 1. The second kappa shape index (κ2) is 11.7. The first-order chi connectivity index (χ1) is 16.9. The fourth-order valence-corrected chi connectivity index (χ4v) is 3.32. The fraction of sp³-hybridized carbons (Fsp3) is 0. The quantitative estimate of drug-likeness (QED) is 0.0942. The van der Waals surface area contributed by atoms with Gasteiger partial charge in [-0.15, -0.1) is 10.0 Å². The van der Waals surface area contributed by atoms with Crippen LogP contribution in [0, 0.1) is 35.3 Å². The monoisotopic (exact) mass is 539 g/mol. The molecule has 0 amide bonds. The number of anilines is 2. The molecule has 0 N–H and O–H groups in total. The molecular weight excluding hydrogens is 529 g/mol. The van der Waals surface area contributed by atoms with Crippen LogP contribution in [0.2, 0.25) is 0 Å². The Hall–Kier alpha value is -4.23. The van der Waals surface area contributed by atoms with Crippen LogP contribution in [0.4, 0.5) is 39.8 Å². The number of hydrogen-bond acceptors (Lipinski definition) is 13. The van der Waals surface area contributed by atoms with E-state index >= 15 is 0 Å². The van der Waals surface area contributed by atoms with Crippen LogP contribution >= 0.6 is 0 Å². The van der Waals surface area contributed by atoms with Gasteiger partial charge in [0.15, 0.2) is 5.69 Å². The average Bonchev–Trinajstić information content (AvgIpc) is 2.83. The van der Waals surface area contributed by atoms with E-state index in [0.29, 0.717) is 11.1 Å². The molecule has 0 fully saturated rings. The van der Waals surface area contributed by atoms with E-state index in [1.807, 2.05) is 0 Å². The summed E-state index contributed by atoms with van der Waals surface area (Å²) in [4.78, 5) is 42.2. The molecule has 17 nitrogen and oxygen atoms in total. The summed E-state index contributed by atoms with van der Waals surface area (Å²) in [6.45, 7) is 0. The second-order valence-corrected chi connectivity index (χ2v) is 8.04. The van der Waals surface area contributed by atoms with Gasteiger partial charge in [-0.2, -0.15) is 10.1 Å². The van der Waals surface area contributed by atoms with Crippen molar-refractivity contribution in [3.63, 3.8) is 0 Å². The zero-order valence-corrected chi connectivity index (χ0v) is 21.2. The van der Waals surface area contributed by atoms with Crippen molar-refractivity contribution in [1.82, 2.24) is 0 Å². The van der Waals surface area contributed by atoms with Crippen LogP contribution in [0.5, 0.6) is 0 Å². The zero-order valence-electron chi connectivity index (χ0n) is 18.4. The molecule has 0 aromatic heterocycles. The minimum absolute atomic E-state index is 0. The summed E-state index contributed by atoms with van der Waals surface area (Å²) in [5.41, 5.74) is -3.20. The molecule has 3 rings (SSSR count). The number of non-ortho nitro benzene ring substituents is 1. The molecule has 0 spiro atoms. The molecule has 0 atom stereocenters. The fourth-order valence-electron chi connectivity index (χ4n) is 2.85. The van der Waals surface area contributed by atoms with Crippen molar-refractivity contribution < 1.29 is 57.3 Å². The average molecular weight is 539 g/mol. The van der Waals surface area contributed by atoms with Crippen molar-refractivity contribution in [2.24, 2.45) is 15.5 Å². The van der Waals surface area contributed by atoms with Gasteiger partial charge in [-0.05, 0) is 42.5 Å². The molecule has 0 aliphatic heterocycles. The van der Waals surface area contributed by atoms with E-state index in [1.54, 1.807) is 0 Å². The number of benzene rings is 3. The van der Waals surface area contributed by atoms with Crippen LogP contribution in [-0.2, 0) is 10.1 Å². The van der Waals surface area contributed by atoms with E-state index in [0.717, 1.165) is 54.6 Å². The number of nitro groups is 3. The van der Waals surface area contributed by atoms with E-state index in [4.69, 9.17) is 0 Å². The Kier molecular flexibility index (Phi) is 9.15. The Morgan fingerprint density at radius 1 is 0.757 bits per heavy atom. The third kappa shape index (κ3) is 6.71. The predicted octanol–water partition coefficient (Wildman–Crippen LogP) is 1.55. The van der Waals surface area contributed by atoms with Gasteiger partial charge in [0.05, 0.1) is 42.4 Å². The molecule has 19 heteroatoms. The van der Waals surface area contributed by atoms with Gasteiger partial charge in [0, 0.05) is 12.1 Å². The summed E-state index contributed by atoms with van der Waals surface area (Å²) < 4.78 is 32.9. The molecule has 0 radical (unpaired) electrons. The Morgan fingerprint density at radius 2 is 1.38 bits per heavy atom. The van der Waals surface area contributed by atoms with Gasteiger partial charge in [0.1, 0.15) is 15.8 Å². The van der Waals surface area contributed by atoms with Gasteiger partial charge in [-0.25, -0.2) is 8.42 Å². The largest absolute Gasteiger partial charge is 1.00 e.